The zero-order valence-electron chi connectivity index (χ0n) is 11.9. The van der Waals surface area contributed by atoms with Crippen molar-refractivity contribution in [2.75, 3.05) is 20.1 Å². The van der Waals surface area contributed by atoms with Crippen molar-refractivity contribution < 1.29 is 13.3 Å². The standard InChI is InChI=1S/C12H16BrN3O4S.ClH/c1-14-10-3-2-6-15(8-10)21(19,20)12-7-9(13)4-5-11(12)16(17)18;/h4-5,7,10,14H,2-3,6,8H2,1H3;1H. The second-order valence-electron chi connectivity index (χ2n) is 4.86. The van der Waals surface area contributed by atoms with Gasteiger partial charge in [0.15, 0.2) is 4.90 Å². The fourth-order valence-electron chi connectivity index (χ4n) is 2.38. The first kappa shape index (κ1) is 19.3. The van der Waals surface area contributed by atoms with Crippen molar-refractivity contribution >= 4 is 44.0 Å². The Labute approximate surface area is 143 Å². The van der Waals surface area contributed by atoms with Gasteiger partial charge >= 0.3 is 0 Å². The van der Waals surface area contributed by atoms with Gasteiger partial charge in [-0.25, -0.2) is 8.42 Å². The number of nitro benzene ring substituents is 1. The number of halogens is 2. The van der Waals surface area contributed by atoms with Crippen LogP contribution in [-0.4, -0.2) is 43.8 Å². The first-order valence-electron chi connectivity index (χ1n) is 6.47. The van der Waals surface area contributed by atoms with Gasteiger partial charge in [0.1, 0.15) is 0 Å². The van der Waals surface area contributed by atoms with E-state index >= 15 is 0 Å². The Bertz CT molecular complexity index is 656. The van der Waals surface area contributed by atoms with Crippen molar-refractivity contribution in [1.29, 1.82) is 0 Å². The number of benzene rings is 1. The van der Waals surface area contributed by atoms with Crippen LogP contribution >= 0.6 is 28.3 Å². The van der Waals surface area contributed by atoms with Crippen molar-refractivity contribution in [2.24, 2.45) is 0 Å². The van der Waals surface area contributed by atoms with Gasteiger partial charge < -0.3 is 5.32 Å². The molecule has 1 aromatic rings. The van der Waals surface area contributed by atoms with E-state index in [1.165, 1.54) is 22.5 Å². The lowest BCUT2D eigenvalue weighted by Crippen LogP contribution is -2.46. The monoisotopic (exact) mass is 413 g/mol. The van der Waals surface area contributed by atoms with Crippen LogP contribution in [0.1, 0.15) is 12.8 Å². The Hall–Kier alpha value is -0.740. The molecule has 1 unspecified atom stereocenters. The Morgan fingerprint density at radius 1 is 1.45 bits per heavy atom. The highest BCUT2D eigenvalue weighted by molar-refractivity contribution is 9.10. The summed E-state index contributed by atoms with van der Waals surface area (Å²) in [4.78, 5) is 10.1. The number of hydrogen-bond acceptors (Lipinski definition) is 5. The third-order valence-corrected chi connectivity index (χ3v) is 5.92. The van der Waals surface area contributed by atoms with E-state index in [0.717, 1.165) is 12.8 Å². The average molecular weight is 415 g/mol. The summed E-state index contributed by atoms with van der Waals surface area (Å²) >= 11 is 3.17. The van der Waals surface area contributed by atoms with E-state index in [1.807, 2.05) is 0 Å². The molecule has 1 aliphatic rings. The van der Waals surface area contributed by atoms with Crippen LogP contribution < -0.4 is 5.32 Å². The Kier molecular flexibility index (Phi) is 6.75. The zero-order chi connectivity index (χ0) is 15.6. The number of nitrogens with one attached hydrogen (secondary N) is 1. The zero-order valence-corrected chi connectivity index (χ0v) is 15.1. The predicted octanol–water partition coefficient (Wildman–Crippen LogP) is 2.15. The van der Waals surface area contributed by atoms with Gasteiger partial charge in [-0.15, -0.1) is 12.4 Å². The minimum absolute atomic E-state index is 0. The van der Waals surface area contributed by atoms with Crippen molar-refractivity contribution in [3.8, 4) is 0 Å². The van der Waals surface area contributed by atoms with Gasteiger partial charge in [-0.2, -0.15) is 4.31 Å². The number of hydrogen-bond donors (Lipinski definition) is 1. The largest absolute Gasteiger partial charge is 0.316 e. The van der Waals surface area contributed by atoms with E-state index in [-0.39, 0.29) is 23.3 Å². The Morgan fingerprint density at radius 3 is 2.73 bits per heavy atom. The van der Waals surface area contributed by atoms with Crippen LogP contribution in [0.4, 0.5) is 5.69 Å². The lowest BCUT2D eigenvalue weighted by Gasteiger charge is -2.31. The first-order chi connectivity index (χ1) is 9.86. The molecule has 1 fully saturated rings. The van der Waals surface area contributed by atoms with Crippen LogP contribution in [0.2, 0.25) is 0 Å². The van der Waals surface area contributed by atoms with Crippen molar-refractivity contribution in [2.45, 2.75) is 23.8 Å². The van der Waals surface area contributed by atoms with E-state index in [2.05, 4.69) is 21.2 Å². The molecule has 0 amide bonds. The Morgan fingerprint density at radius 2 is 2.14 bits per heavy atom. The van der Waals surface area contributed by atoms with Gasteiger partial charge in [0.2, 0.25) is 10.0 Å². The summed E-state index contributed by atoms with van der Waals surface area (Å²) in [6.07, 6.45) is 1.62. The molecule has 7 nitrogen and oxygen atoms in total. The number of sulfonamides is 1. The van der Waals surface area contributed by atoms with Gasteiger partial charge in [-0.3, -0.25) is 10.1 Å². The molecule has 0 bridgehead atoms. The molecule has 1 N–H and O–H groups in total. The molecule has 0 spiro atoms. The molecule has 10 heteroatoms. The molecular weight excluding hydrogens is 398 g/mol. The van der Waals surface area contributed by atoms with Gasteiger partial charge in [0.05, 0.1) is 4.92 Å². The van der Waals surface area contributed by atoms with E-state index in [4.69, 9.17) is 0 Å². The van der Waals surface area contributed by atoms with Gasteiger partial charge in [-0.1, -0.05) is 15.9 Å². The van der Waals surface area contributed by atoms with Crippen LogP contribution in [0.5, 0.6) is 0 Å². The molecule has 1 saturated heterocycles. The van der Waals surface area contributed by atoms with E-state index in [0.29, 0.717) is 17.6 Å². The summed E-state index contributed by atoms with van der Waals surface area (Å²) in [5, 5.41) is 14.1. The smallest absolute Gasteiger partial charge is 0.289 e. The molecule has 2 rings (SSSR count). The first-order valence-corrected chi connectivity index (χ1v) is 8.71. The topological polar surface area (TPSA) is 92.6 Å². The molecule has 1 atom stereocenters. The van der Waals surface area contributed by atoms with E-state index in [1.54, 1.807) is 7.05 Å². The summed E-state index contributed by atoms with van der Waals surface area (Å²) in [7, 11) is -2.10. The van der Waals surface area contributed by atoms with Crippen molar-refractivity contribution in [1.82, 2.24) is 9.62 Å². The maximum absolute atomic E-state index is 12.7. The predicted molar refractivity (Wildman–Crippen MR) is 88.9 cm³/mol. The third kappa shape index (κ3) is 3.96. The minimum Gasteiger partial charge on any atom is -0.316 e. The summed E-state index contributed by atoms with van der Waals surface area (Å²) < 4.78 is 27.2. The third-order valence-electron chi connectivity index (χ3n) is 3.53. The normalized spacial score (nSPS) is 19.5. The Balaban J connectivity index is 0.00000242. The number of rotatable bonds is 4. The quantitative estimate of drug-likeness (QED) is 0.602. The lowest BCUT2D eigenvalue weighted by molar-refractivity contribution is -0.387. The second kappa shape index (κ2) is 7.69. The lowest BCUT2D eigenvalue weighted by atomic mass is 10.1. The fraction of sp³-hybridized carbons (Fsp3) is 0.500. The number of nitrogens with zero attached hydrogens (tertiary/aromatic N) is 2. The maximum atomic E-state index is 12.7. The van der Waals surface area contributed by atoms with Crippen LogP contribution in [0, 0.1) is 10.1 Å². The van der Waals surface area contributed by atoms with Gasteiger partial charge in [0.25, 0.3) is 5.69 Å². The highest BCUT2D eigenvalue weighted by Gasteiger charge is 2.34. The second-order valence-corrected chi connectivity index (χ2v) is 7.68. The van der Waals surface area contributed by atoms with Crippen molar-refractivity contribution in [3.63, 3.8) is 0 Å². The fourth-order valence-corrected chi connectivity index (χ4v) is 4.60. The summed E-state index contributed by atoms with van der Waals surface area (Å²) in [6, 6.07) is 4.02. The maximum Gasteiger partial charge on any atom is 0.289 e. The molecule has 0 radical (unpaired) electrons. The number of likely N-dealkylation sites (N-methyl/N-ethyl adjacent to an activating group) is 1. The molecule has 22 heavy (non-hydrogen) atoms. The molecule has 0 saturated carbocycles. The van der Waals surface area contributed by atoms with Crippen LogP contribution in [0.25, 0.3) is 0 Å². The highest BCUT2D eigenvalue weighted by Crippen LogP contribution is 2.30. The van der Waals surface area contributed by atoms with E-state index in [9.17, 15) is 18.5 Å². The summed E-state index contributed by atoms with van der Waals surface area (Å²) in [5.74, 6) is 0. The molecule has 1 heterocycles. The SMILES string of the molecule is CNC1CCCN(S(=O)(=O)c2cc(Br)ccc2[N+](=O)[O-])C1.Cl. The van der Waals surface area contributed by atoms with E-state index < -0.39 is 20.6 Å². The molecular formula is C12H17BrClN3O4S. The molecule has 0 aliphatic carbocycles. The van der Waals surface area contributed by atoms with Crippen LogP contribution in [0.3, 0.4) is 0 Å². The molecule has 1 aliphatic heterocycles. The number of nitro groups is 1. The van der Waals surface area contributed by atoms with Gasteiger partial charge in [0, 0.05) is 29.7 Å². The number of piperidine rings is 1. The highest BCUT2D eigenvalue weighted by atomic mass is 79.9. The molecule has 124 valence electrons. The molecule has 1 aromatic carbocycles. The van der Waals surface area contributed by atoms with Crippen molar-refractivity contribution in [3.05, 3.63) is 32.8 Å². The summed E-state index contributed by atoms with van der Waals surface area (Å²) in [5.41, 5.74) is -0.398. The van der Waals surface area contributed by atoms with Gasteiger partial charge in [-0.05, 0) is 32.0 Å². The van der Waals surface area contributed by atoms with Crippen LogP contribution in [0.15, 0.2) is 27.6 Å². The van der Waals surface area contributed by atoms with Crippen LogP contribution in [-0.2, 0) is 10.0 Å². The average Bonchev–Trinajstić information content (AvgIpc) is 2.46. The minimum atomic E-state index is -3.88. The summed E-state index contributed by atoms with van der Waals surface area (Å²) in [6.45, 7) is 0.701. The molecule has 0 aromatic heterocycles.